The van der Waals surface area contributed by atoms with Gasteiger partial charge in [-0.3, -0.25) is 0 Å². The Kier molecular flexibility index (Phi) is 5.20. The van der Waals surface area contributed by atoms with Crippen LogP contribution in [0.1, 0.15) is 38.2 Å². The maximum Gasteiger partial charge on any atom is 0.408 e. The second-order valence-electron chi connectivity index (χ2n) is 7.72. The molecule has 3 bridgehead atoms. The number of alkyl carbamates (subject to hydrolysis) is 1. The number of benzene rings is 2. The molecule has 0 aromatic heterocycles. The van der Waals surface area contributed by atoms with Crippen LogP contribution in [0, 0.1) is 13.8 Å². The largest absolute Gasteiger partial charge is 0.460 e. The molecule has 0 spiro atoms. The first kappa shape index (κ1) is 19.9. The van der Waals surface area contributed by atoms with E-state index in [9.17, 15) is 14.4 Å². The number of nitrogens with one attached hydrogen (secondary N) is 1. The molecule has 30 heavy (non-hydrogen) atoms. The van der Waals surface area contributed by atoms with E-state index in [2.05, 4.69) is 5.32 Å². The summed E-state index contributed by atoms with van der Waals surface area (Å²) in [5.41, 5.74) is 3.47. The molecule has 0 saturated heterocycles. The van der Waals surface area contributed by atoms with Crippen molar-refractivity contribution >= 4 is 18.0 Å². The van der Waals surface area contributed by atoms with Crippen molar-refractivity contribution in [1.82, 2.24) is 5.32 Å². The maximum absolute atomic E-state index is 13.0. The summed E-state index contributed by atoms with van der Waals surface area (Å²) in [4.78, 5) is 38.0. The van der Waals surface area contributed by atoms with Gasteiger partial charge in [-0.2, -0.15) is 0 Å². The first-order chi connectivity index (χ1) is 14.4. The van der Waals surface area contributed by atoms with Crippen LogP contribution in [-0.4, -0.2) is 36.8 Å². The van der Waals surface area contributed by atoms with Gasteiger partial charge in [-0.25, -0.2) is 14.4 Å². The highest BCUT2D eigenvalue weighted by atomic mass is 16.6. The lowest BCUT2D eigenvalue weighted by Gasteiger charge is -2.27. The Balaban J connectivity index is 1.62. The van der Waals surface area contributed by atoms with Crippen molar-refractivity contribution < 1.29 is 28.6 Å². The number of cyclic esters (lactones) is 2. The molecule has 1 unspecified atom stereocenters. The number of esters is 2. The molecule has 1 amide bonds. The van der Waals surface area contributed by atoms with Crippen LogP contribution in [0.25, 0.3) is 0 Å². The second kappa shape index (κ2) is 7.82. The Bertz CT molecular complexity index is 1020. The molecule has 156 valence electrons. The summed E-state index contributed by atoms with van der Waals surface area (Å²) < 4.78 is 15.9. The third-order valence-electron chi connectivity index (χ3n) is 5.73. The average molecular weight is 409 g/mol. The molecule has 7 nitrogen and oxygen atoms in total. The van der Waals surface area contributed by atoms with Crippen molar-refractivity contribution in [3.63, 3.8) is 0 Å². The van der Waals surface area contributed by atoms with Crippen molar-refractivity contribution in [2.75, 3.05) is 13.2 Å². The fraction of sp³-hybridized carbons (Fsp3) is 0.348. The minimum atomic E-state index is -1.28. The van der Waals surface area contributed by atoms with Crippen LogP contribution in [0.15, 0.2) is 36.4 Å². The summed E-state index contributed by atoms with van der Waals surface area (Å²) in [5.74, 6) is -1.00. The van der Waals surface area contributed by atoms with Gasteiger partial charge in [-0.15, -0.1) is 0 Å². The van der Waals surface area contributed by atoms with E-state index in [0.29, 0.717) is 5.56 Å². The Hall–Kier alpha value is -3.35. The number of hydrogen-bond donors (Lipinski definition) is 1. The number of rotatable bonds is 3. The smallest absolute Gasteiger partial charge is 0.408 e. The van der Waals surface area contributed by atoms with E-state index in [1.807, 2.05) is 44.2 Å². The van der Waals surface area contributed by atoms with E-state index in [0.717, 1.165) is 27.8 Å². The zero-order valence-electron chi connectivity index (χ0n) is 16.9. The number of carbonyl (C=O) groups is 3. The molecule has 1 aliphatic carbocycles. The van der Waals surface area contributed by atoms with Gasteiger partial charge in [0.15, 0.2) is 0 Å². The monoisotopic (exact) mass is 409 g/mol. The van der Waals surface area contributed by atoms with E-state index in [-0.39, 0.29) is 32.7 Å². The van der Waals surface area contributed by atoms with Crippen molar-refractivity contribution in [2.24, 2.45) is 0 Å². The molecular formula is C23H23NO6. The molecule has 0 radical (unpaired) electrons. The molecule has 1 N–H and O–H groups in total. The molecule has 7 heteroatoms. The van der Waals surface area contributed by atoms with Crippen LogP contribution in [0.2, 0.25) is 0 Å². The standard InChI is InChI=1S/C23H23NO6/c1-14-10-17-15(2)19-12-23(11-18(14)19,21(26)29-9-8-28-20(17)25)24-22(27)30-13-16-6-4-3-5-7-16/h3-7,10H,8-9,11-13H2,1-2H3,(H,24,27). The summed E-state index contributed by atoms with van der Waals surface area (Å²) in [6.07, 6.45) is -0.180. The van der Waals surface area contributed by atoms with Crippen LogP contribution >= 0.6 is 0 Å². The summed E-state index contributed by atoms with van der Waals surface area (Å²) in [7, 11) is 0. The Morgan fingerprint density at radius 2 is 1.77 bits per heavy atom. The molecule has 0 saturated carbocycles. The van der Waals surface area contributed by atoms with E-state index in [4.69, 9.17) is 14.2 Å². The third kappa shape index (κ3) is 3.63. The summed E-state index contributed by atoms with van der Waals surface area (Å²) in [6, 6.07) is 11.1. The van der Waals surface area contributed by atoms with Gasteiger partial charge in [0.25, 0.3) is 0 Å². The molecule has 2 aromatic rings. The average Bonchev–Trinajstić information content (AvgIpc) is 3.13. The Labute approximate surface area is 174 Å². The van der Waals surface area contributed by atoms with E-state index in [1.54, 1.807) is 6.07 Å². The minimum Gasteiger partial charge on any atom is -0.460 e. The number of hydrogen-bond acceptors (Lipinski definition) is 6. The lowest BCUT2D eigenvalue weighted by molar-refractivity contribution is -0.152. The molecule has 2 aliphatic rings. The number of ether oxygens (including phenoxy) is 3. The van der Waals surface area contributed by atoms with E-state index >= 15 is 0 Å². The van der Waals surface area contributed by atoms with Gasteiger partial charge in [0.1, 0.15) is 25.4 Å². The lowest BCUT2D eigenvalue weighted by atomic mass is 9.94. The topological polar surface area (TPSA) is 90.9 Å². The van der Waals surface area contributed by atoms with Crippen molar-refractivity contribution in [3.05, 3.63) is 69.8 Å². The minimum absolute atomic E-state index is 0.0469. The zero-order chi connectivity index (χ0) is 21.3. The number of amides is 1. The molecule has 1 heterocycles. The highest BCUT2D eigenvalue weighted by molar-refractivity contribution is 5.93. The fourth-order valence-corrected chi connectivity index (χ4v) is 4.13. The quantitative estimate of drug-likeness (QED) is 0.619. The zero-order valence-corrected chi connectivity index (χ0v) is 16.9. The molecular weight excluding hydrogens is 386 g/mol. The van der Waals surface area contributed by atoms with Gasteiger partial charge < -0.3 is 19.5 Å². The van der Waals surface area contributed by atoms with Crippen molar-refractivity contribution in [3.8, 4) is 0 Å². The van der Waals surface area contributed by atoms with Gasteiger partial charge in [0.05, 0.1) is 5.56 Å². The molecule has 2 aromatic carbocycles. The molecule has 1 atom stereocenters. The Morgan fingerprint density at radius 3 is 2.53 bits per heavy atom. The highest BCUT2D eigenvalue weighted by Crippen LogP contribution is 2.37. The van der Waals surface area contributed by atoms with Gasteiger partial charge in [-0.05, 0) is 47.7 Å². The predicted octanol–water partition coefficient (Wildman–Crippen LogP) is 2.78. The van der Waals surface area contributed by atoms with Gasteiger partial charge >= 0.3 is 18.0 Å². The first-order valence-electron chi connectivity index (χ1n) is 9.85. The molecule has 0 fully saturated rings. The van der Waals surface area contributed by atoms with Gasteiger partial charge in [-0.1, -0.05) is 30.3 Å². The van der Waals surface area contributed by atoms with Crippen LogP contribution < -0.4 is 5.32 Å². The number of fused-ring (bicyclic) bond motifs is 2. The van der Waals surface area contributed by atoms with Crippen LogP contribution in [0.4, 0.5) is 4.79 Å². The molecule has 4 rings (SSSR count). The van der Waals surface area contributed by atoms with Crippen LogP contribution in [0.5, 0.6) is 0 Å². The lowest BCUT2D eigenvalue weighted by Crippen LogP contribution is -2.56. The molecule has 1 aliphatic heterocycles. The Morgan fingerprint density at radius 1 is 1.07 bits per heavy atom. The predicted molar refractivity (Wildman–Crippen MR) is 107 cm³/mol. The van der Waals surface area contributed by atoms with E-state index < -0.39 is 23.6 Å². The second-order valence-corrected chi connectivity index (χ2v) is 7.72. The van der Waals surface area contributed by atoms with Crippen molar-refractivity contribution in [2.45, 2.75) is 38.8 Å². The normalized spacial score (nSPS) is 20.2. The third-order valence-corrected chi connectivity index (χ3v) is 5.73. The number of aryl methyl sites for hydroxylation is 1. The summed E-state index contributed by atoms with van der Waals surface area (Å²) in [6.45, 7) is 3.69. The van der Waals surface area contributed by atoms with E-state index in [1.165, 1.54) is 0 Å². The van der Waals surface area contributed by atoms with Gasteiger partial charge in [0.2, 0.25) is 0 Å². The fourth-order valence-electron chi connectivity index (χ4n) is 4.13. The summed E-state index contributed by atoms with van der Waals surface area (Å²) >= 11 is 0. The first-order valence-corrected chi connectivity index (χ1v) is 9.85. The van der Waals surface area contributed by atoms with Gasteiger partial charge in [0, 0.05) is 12.8 Å². The maximum atomic E-state index is 13.0. The van der Waals surface area contributed by atoms with Crippen LogP contribution in [-0.2, 0) is 38.5 Å². The van der Waals surface area contributed by atoms with Crippen LogP contribution in [0.3, 0.4) is 0 Å². The summed E-state index contributed by atoms with van der Waals surface area (Å²) in [5, 5.41) is 2.76. The van der Waals surface area contributed by atoms with Crippen molar-refractivity contribution in [1.29, 1.82) is 0 Å². The SMILES string of the molecule is Cc1cc2c(C)c3c1CC(NC(=O)OCc1ccccc1)(C3)C(=O)OCCOC2=O. The highest BCUT2D eigenvalue weighted by Gasteiger charge is 2.48. The number of carbonyl (C=O) groups excluding carboxylic acids is 3.